The predicted molar refractivity (Wildman–Crippen MR) is 111 cm³/mol. The standard InChI is InChI=1S/C20H21N3O2S.ClH/c1-15-14-23(11-10-21-15)19-9-5-6-16-12-18(13-22-20(16)19)26(24,25)17-7-3-2-4-8-17;/h2-9,12-13,15,21H,10-11,14H2,1H3;1H/t15-;/m1./s1. The number of sulfone groups is 1. The number of nitrogens with one attached hydrogen (secondary N) is 1. The van der Waals surface area contributed by atoms with E-state index in [4.69, 9.17) is 0 Å². The molecule has 7 heteroatoms. The quantitative estimate of drug-likeness (QED) is 0.727. The van der Waals surface area contributed by atoms with Crippen molar-refractivity contribution in [3.8, 4) is 0 Å². The Balaban J connectivity index is 0.00000210. The Hall–Kier alpha value is -2.15. The average Bonchev–Trinajstić information content (AvgIpc) is 2.67. The molecular formula is C20H22ClN3O2S. The van der Waals surface area contributed by atoms with Crippen LogP contribution < -0.4 is 10.2 Å². The van der Waals surface area contributed by atoms with Gasteiger partial charge >= 0.3 is 0 Å². The van der Waals surface area contributed by atoms with E-state index in [1.54, 1.807) is 36.4 Å². The number of para-hydroxylation sites is 1. The summed E-state index contributed by atoms with van der Waals surface area (Å²) in [6.45, 7) is 4.91. The summed E-state index contributed by atoms with van der Waals surface area (Å²) in [7, 11) is -3.56. The normalized spacial score (nSPS) is 17.5. The van der Waals surface area contributed by atoms with Crippen LogP contribution in [0.4, 0.5) is 5.69 Å². The third-order valence-corrected chi connectivity index (χ3v) is 6.47. The number of rotatable bonds is 3. The van der Waals surface area contributed by atoms with E-state index < -0.39 is 9.84 Å². The van der Waals surface area contributed by atoms with Gasteiger partial charge in [-0.2, -0.15) is 0 Å². The Morgan fingerprint density at radius 3 is 2.59 bits per heavy atom. The van der Waals surface area contributed by atoms with Crippen LogP contribution in [0.25, 0.3) is 10.9 Å². The van der Waals surface area contributed by atoms with Crippen molar-refractivity contribution in [1.82, 2.24) is 10.3 Å². The van der Waals surface area contributed by atoms with Gasteiger partial charge in [-0.15, -0.1) is 12.4 Å². The largest absolute Gasteiger partial charge is 0.367 e. The fourth-order valence-electron chi connectivity index (χ4n) is 3.41. The van der Waals surface area contributed by atoms with Crippen molar-refractivity contribution < 1.29 is 8.42 Å². The first-order valence-corrected chi connectivity index (χ1v) is 10.2. The molecule has 1 N–H and O–H groups in total. The van der Waals surface area contributed by atoms with Crippen molar-refractivity contribution in [2.45, 2.75) is 22.8 Å². The molecule has 1 aliphatic heterocycles. The van der Waals surface area contributed by atoms with Gasteiger partial charge in [-0.25, -0.2) is 8.42 Å². The third-order valence-electron chi connectivity index (χ3n) is 4.74. The number of pyridine rings is 1. The highest BCUT2D eigenvalue weighted by Gasteiger charge is 2.21. The van der Waals surface area contributed by atoms with Crippen molar-refractivity contribution in [1.29, 1.82) is 0 Å². The van der Waals surface area contributed by atoms with Crippen LogP contribution in [0.1, 0.15) is 6.92 Å². The van der Waals surface area contributed by atoms with Crippen LogP contribution in [-0.2, 0) is 9.84 Å². The number of fused-ring (bicyclic) bond motifs is 1. The SMILES string of the molecule is C[C@@H]1CN(c2cccc3cc(S(=O)(=O)c4ccccc4)cnc23)CCN1.Cl. The van der Waals surface area contributed by atoms with Crippen LogP contribution in [0.3, 0.4) is 0 Å². The summed E-state index contributed by atoms with van der Waals surface area (Å²) in [5.41, 5.74) is 1.90. The zero-order valence-corrected chi connectivity index (χ0v) is 16.6. The minimum atomic E-state index is -3.56. The van der Waals surface area contributed by atoms with E-state index in [-0.39, 0.29) is 22.2 Å². The number of hydrogen-bond acceptors (Lipinski definition) is 5. The first-order valence-electron chi connectivity index (χ1n) is 8.73. The number of piperazine rings is 1. The number of aromatic nitrogens is 1. The molecule has 0 saturated carbocycles. The molecule has 3 aromatic rings. The van der Waals surface area contributed by atoms with E-state index in [1.807, 2.05) is 12.1 Å². The van der Waals surface area contributed by atoms with Crippen molar-refractivity contribution in [2.75, 3.05) is 24.5 Å². The molecule has 27 heavy (non-hydrogen) atoms. The fraction of sp³-hybridized carbons (Fsp3) is 0.250. The fourth-order valence-corrected chi connectivity index (χ4v) is 4.67. The average molecular weight is 404 g/mol. The molecule has 0 aliphatic carbocycles. The topological polar surface area (TPSA) is 62.3 Å². The highest BCUT2D eigenvalue weighted by Crippen LogP contribution is 2.29. The summed E-state index contributed by atoms with van der Waals surface area (Å²) in [4.78, 5) is 7.35. The zero-order valence-electron chi connectivity index (χ0n) is 15.0. The van der Waals surface area contributed by atoms with E-state index in [0.29, 0.717) is 6.04 Å². The van der Waals surface area contributed by atoms with Gasteiger partial charge in [0.2, 0.25) is 9.84 Å². The van der Waals surface area contributed by atoms with Crippen LogP contribution in [0.15, 0.2) is 70.6 Å². The molecule has 0 unspecified atom stereocenters. The molecule has 1 fully saturated rings. The molecule has 0 bridgehead atoms. The van der Waals surface area contributed by atoms with E-state index in [2.05, 4.69) is 28.2 Å². The second-order valence-corrected chi connectivity index (χ2v) is 8.59. The van der Waals surface area contributed by atoms with Crippen molar-refractivity contribution in [3.05, 3.63) is 60.8 Å². The zero-order chi connectivity index (χ0) is 18.1. The molecule has 4 rings (SSSR count). The lowest BCUT2D eigenvalue weighted by atomic mass is 10.1. The summed E-state index contributed by atoms with van der Waals surface area (Å²) in [6.07, 6.45) is 1.47. The van der Waals surface area contributed by atoms with E-state index in [0.717, 1.165) is 36.2 Å². The van der Waals surface area contributed by atoms with Crippen molar-refractivity contribution in [3.63, 3.8) is 0 Å². The van der Waals surface area contributed by atoms with Gasteiger partial charge < -0.3 is 10.2 Å². The Morgan fingerprint density at radius 2 is 1.85 bits per heavy atom. The van der Waals surface area contributed by atoms with Crippen molar-refractivity contribution in [2.24, 2.45) is 0 Å². The van der Waals surface area contributed by atoms with Crippen LogP contribution >= 0.6 is 12.4 Å². The first kappa shape index (κ1) is 19.6. The summed E-state index contributed by atoms with van der Waals surface area (Å²) in [5, 5.41) is 4.27. The molecular weight excluding hydrogens is 382 g/mol. The number of hydrogen-bond donors (Lipinski definition) is 1. The number of anilines is 1. The Morgan fingerprint density at radius 1 is 1.07 bits per heavy atom. The van der Waals surface area contributed by atoms with Gasteiger partial charge in [0, 0.05) is 37.3 Å². The van der Waals surface area contributed by atoms with E-state index in [1.165, 1.54) is 6.20 Å². The molecule has 1 aromatic heterocycles. The maximum Gasteiger partial charge on any atom is 0.208 e. The van der Waals surface area contributed by atoms with Crippen LogP contribution in [-0.4, -0.2) is 39.1 Å². The maximum atomic E-state index is 12.8. The maximum absolute atomic E-state index is 12.8. The highest BCUT2D eigenvalue weighted by atomic mass is 35.5. The Bertz CT molecular complexity index is 1040. The predicted octanol–water partition coefficient (Wildman–Crippen LogP) is 3.29. The first-order chi connectivity index (χ1) is 12.6. The number of benzene rings is 2. The van der Waals surface area contributed by atoms with Gasteiger partial charge in [-0.3, -0.25) is 4.98 Å². The summed E-state index contributed by atoms with van der Waals surface area (Å²) < 4.78 is 25.7. The van der Waals surface area contributed by atoms with Gasteiger partial charge in [-0.05, 0) is 31.2 Å². The minimum Gasteiger partial charge on any atom is -0.367 e. The monoisotopic (exact) mass is 403 g/mol. The summed E-state index contributed by atoms with van der Waals surface area (Å²) in [5.74, 6) is 0. The molecule has 2 aromatic carbocycles. The van der Waals surface area contributed by atoms with Gasteiger partial charge in [0.15, 0.2) is 0 Å². The lowest BCUT2D eigenvalue weighted by Crippen LogP contribution is -2.49. The number of halogens is 1. The molecule has 1 aliphatic rings. The molecule has 1 atom stereocenters. The Labute approximate surface area is 165 Å². The second kappa shape index (κ2) is 7.84. The molecule has 0 radical (unpaired) electrons. The third kappa shape index (κ3) is 3.78. The van der Waals surface area contributed by atoms with E-state index in [9.17, 15) is 8.42 Å². The van der Waals surface area contributed by atoms with E-state index >= 15 is 0 Å². The van der Waals surface area contributed by atoms with Crippen molar-refractivity contribution >= 4 is 38.8 Å². The molecule has 142 valence electrons. The van der Waals surface area contributed by atoms with Crippen LogP contribution in [0.2, 0.25) is 0 Å². The molecule has 0 amide bonds. The molecule has 1 saturated heterocycles. The lowest BCUT2D eigenvalue weighted by molar-refractivity contribution is 0.485. The minimum absolute atomic E-state index is 0. The second-order valence-electron chi connectivity index (χ2n) is 6.64. The smallest absolute Gasteiger partial charge is 0.208 e. The summed E-state index contributed by atoms with van der Waals surface area (Å²) in [6, 6.07) is 16.5. The summed E-state index contributed by atoms with van der Waals surface area (Å²) >= 11 is 0. The van der Waals surface area contributed by atoms with Gasteiger partial charge in [0.1, 0.15) is 0 Å². The van der Waals surface area contributed by atoms with Gasteiger partial charge in [0.25, 0.3) is 0 Å². The molecule has 2 heterocycles. The Kier molecular flexibility index (Phi) is 5.69. The number of nitrogens with zero attached hydrogens (tertiary/aromatic N) is 2. The van der Waals surface area contributed by atoms with Crippen LogP contribution in [0, 0.1) is 0 Å². The molecule has 0 spiro atoms. The molecule has 5 nitrogen and oxygen atoms in total. The van der Waals surface area contributed by atoms with Crippen LogP contribution in [0.5, 0.6) is 0 Å². The van der Waals surface area contributed by atoms with Gasteiger partial charge in [-0.1, -0.05) is 30.3 Å². The highest BCUT2D eigenvalue weighted by molar-refractivity contribution is 7.91. The lowest BCUT2D eigenvalue weighted by Gasteiger charge is -2.34. The van der Waals surface area contributed by atoms with Gasteiger partial charge in [0.05, 0.1) is 21.0 Å².